The zero-order valence-electron chi connectivity index (χ0n) is 11.3. The Morgan fingerprint density at radius 2 is 2.25 bits per heavy atom. The van der Waals surface area contributed by atoms with Crippen LogP contribution in [0.1, 0.15) is 28.8 Å². The van der Waals surface area contributed by atoms with Crippen molar-refractivity contribution in [3.05, 3.63) is 39.4 Å². The first-order chi connectivity index (χ1) is 9.52. The zero-order valence-corrected chi connectivity index (χ0v) is 11.3. The summed E-state index contributed by atoms with van der Waals surface area (Å²) in [4.78, 5) is 24.4. The van der Waals surface area contributed by atoms with Gasteiger partial charge in [-0.1, -0.05) is 12.0 Å². The van der Waals surface area contributed by atoms with E-state index in [2.05, 4.69) is 5.92 Å². The lowest BCUT2D eigenvalue weighted by Gasteiger charge is -2.20. The van der Waals surface area contributed by atoms with Gasteiger partial charge in [-0.15, -0.1) is 6.42 Å². The number of nitro groups is 1. The largest absolute Gasteiger partial charge is 0.327 e. The van der Waals surface area contributed by atoms with Gasteiger partial charge in [0.15, 0.2) is 0 Å². The molecule has 2 rings (SSSR count). The van der Waals surface area contributed by atoms with Crippen LogP contribution in [0.25, 0.3) is 0 Å². The molecule has 0 aliphatic heterocycles. The minimum absolute atomic E-state index is 0.0390. The van der Waals surface area contributed by atoms with Crippen LogP contribution in [-0.4, -0.2) is 28.8 Å². The number of hydrogen-bond acceptors (Lipinski definition) is 3. The Morgan fingerprint density at radius 1 is 1.55 bits per heavy atom. The van der Waals surface area contributed by atoms with Crippen LogP contribution in [0, 0.1) is 35.3 Å². The highest BCUT2D eigenvalue weighted by atomic mass is 16.6. The van der Waals surface area contributed by atoms with Crippen LogP contribution in [0.2, 0.25) is 0 Å². The Labute approximate surface area is 117 Å². The number of rotatable bonds is 5. The quantitative estimate of drug-likeness (QED) is 0.469. The molecule has 0 aromatic heterocycles. The highest BCUT2D eigenvalue weighted by Gasteiger charge is 2.27. The minimum atomic E-state index is -0.474. The number of benzene rings is 1. The van der Waals surface area contributed by atoms with Gasteiger partial charge in [0, 0.05) is 23.7 Å². The van der Waals surface area contributed by atoms with E-state index < -0.39 is 4.92 Å². The van der Waals surface area contributed by atoms with E-state index in [9.17, 15) is 14.9 Å². The Kier molecular flexibility index (Phi) is 4.04. The van der Waals surface area contributed by atoms with Crippen molar-refractivity contribution in [2.24, 2.45) is 5.92 Å². The summed E-state index contributed by atoms with van der Waals surface area (Å²) in [5, 5.41) is 10.9. The number of terminal acetylenes is 1. The molecule has 1 aliphatic rings. The third-order valence-electron chi connectivity index (χ3n) is 3.40. The SMILES string of the molecule is C#CCN(CC1CC1)C(=O)c1ccc(C)c([N+](=O)[O-])c1. The van der Waals surface area contributed by atoms with Crippen molar-refractivity contribution in [3.8, 4) is 12.3 Å². The summed E-state index contributed by atoms with van der Waals surface area (Å²) in [5.41, 5.74) is 0.818. The molecule has 1 aliphatic carbocycles. The fourth-order valence-electron chi connectivity index (χ4n) is 2.06. The smallest absolute Gasteiger partial charge is 0.273 e. The predicted molar refractivity (Wildman–Crippen MR) is 75.3 cm³/mol. The molecule has 0 unspecified atom stereocenters. The molecule has 1 aromatic carbocycles. The molecule has 1 saturated carbocycles. The van der Waals surface area contributed by atoms with Crippen LogP contribution in [0.15, 0.2) is 18.2 Å². The molecule has 5 nitrogen and oxygen atoms in total. The minimum Gasteiger partial charge on any atom is -0.327 e. The summed E-state index contributed by atoms with van der Waals surface area (Å²) < 4.78 is 0. The molecule has 104 valence electrons. The number of carbonyl (C=O) groups excluding carboxylic acids is 1. The van der Waals surface area contributed by atoms with Crippen molar-refractivity contribution in [1.29, 1.82) is 0 Å². The van der Waals surface area contributed by atoms with E-state index in [4.69, 9.17) is 6.42 Å². The third-order valence-corrected chi connectivity index (χ3v) is 3.40. The van der Waals surface area contributed by atoms with Gasteiger partial charge in [0.2, 0.25) is 0 Å². The molecule has 0 atom stereocenters. The number of nitrogens with zero attached hydrogens (tertiary/aromatic N) is 2. The molecule has 5 heteroatoms. The van der Waals surface area contributed by atoms with E-state index in [1.807, 2.05) is 0 Å². The maximum atomic E-state index is 12.4. The fraction of sp³-hybridized carbons (Fsp3) is 0.400. The summed E-state index contributed by atoms with van der Waals surface area (Å²) in [6.45, 7) is 2.51. The summed E-state index contributed by atoms with van der Waals surface area (Å²) >= 11 is 0. The van der Waals surface area contributed by atoms with E-state index in [1.54, 1.807) is 24.0 Å². The van der Waals surface area contributed by atoms with Gasteiger partial charge >= 0.3 is 0 Å². The fourth-order valence-corrected chi connectivity index (χ4v) is 2.06. The van der Waals surface area contributed by atoms with Crippen LogP contribution in [0.3, 0.4) is 0 Å². The van der Waals surface area contributed by atoms with Gasteiger partial charge in [-0.2, -0.15) is 0 Å². The average Bonchev–Trinajstić information content (AvgIpc) is 3.21. The Balaban J connectivity index is 2.24. The topological polar surface area (TPSA) is 63.5 Å². The van der Waals surface area contributed by atoms with Gasteiger partial charge in [-0.25, -0.2) is 0 Å². The van der Waals surface area contributed by atoms with Gasteiger partial charge in [-0.3, -0.25) is 14.9 Å². The molecule has 0 saturated heterocycles. The summed E-state index contributed by atoms with van der Waals surface area (Å²) in [6.07, 6.45) is 7.52. The van der Waals surface area contributed by atoms with Gasteiger partial charge < -0.3 is 4.90 Å². The maximum Gasteiger partial charge on any atom is 0.273 e. The van der Waals surface area contributed by atoms with Crippen molar-refractivity contribution in [3.63, 3.8) is 0 Å². The first-order valence-electron chi connectivity index (χ1n) is 6.50. The zero-order chi connectivity index (χ0) is 14.7. The second kappa shape index (κ2) is 5.74. The van der Waals surface area contributed by atoms with E-state index in [1.165, 1.54) is 6.07 Å². The Morgan fingerprint density at radius 3 is 2.80 bits per heavy atom. The van der Waals surface area contributed by atoms with Gasteiger partial charge in [-0.05, 0) is 31.7 Å². The van der Waals surface area contributed by atoms with Crippen LogP contribution in [-0.2, 0) is 0 Å². The van der Waals surface area contributed by atoms with E-state index >= 15 is 0 Å². The summed E-state index contributed by atoms with van der Waals surface area (Å²) in [6, 6.07) is 4.53. The van der Waals surface area contributed by atoms with E-state index in [0.29, 0.717) is 23.6 Å². The van der Waals surface area contributed by atoms with E-state index in [0.717, 1.165) is 12.8 Å². The highest BCUT2D eigenvalue weighted by Crippen LogP contribution is 2.30. The molecule has 20 heavy (non-hydrogen) atoms. The first kappa shape index (κ1) is 14.1. The van der Waals surface area contributed by atoms with E-state index in [-0.39, 0.29) is 18.1 Å². The number of amides is 1. The molecule has 0 spiro atoms. The van der Waals surface area contributed by atoms with Crippen LogP contribution >= 0.6 is 0 Å². The summed E-state index contributed by atoms with van der Waals surface area (Å²) in [5.74, 6) is 2.75. The Bertz CT molecular complexity index is 585. The second-order valence-corrected chi connectivity index (χ2v) is 5.09. The molecular weight excluding hydrogens is 256 g/mol. The molecular formula is C15H16N2O3. The lowest BCUT2D eigenvalue weighted by molar-refractivity contribution is -0.385. The first-order valence-corrected chi connectivity index (χ1v) is 6.50. The monoisotopic (exact) mass is 272 g/mol. The van der Waals surface area contributed by atoms with Crippen molar-refractivity contribution in [2.75, 3.05) is 13.1 Å². The number of carbonyl (C=O) groups is 1. The maximum absolute atomic E-state index is 12.4. The standard InChI is InChI=1S/C15H16N2O3/c1-3-8-16(10-12-5-6-12)15(18)13-7-4-11(2)14(9-13)17(19)20/h1,4,7,9,12H,5-6,8,10H2,2H3. The van der Waals surface area contributed by atoms with Crippen molar-refractivity contribution in [2.45, 2.75) is 19.8 Å². The molecule has 1 amide bonds. The number of nitro benzene ring substituents is 1. The normalized spacial score (nSPS) is 13.6. The molecule has 0 N–H and O–H groups in total. The van der Waals surface area contributed by atoms with Crippen molar-refractivity contribution < 1.29 is 9.72 Å². The van der Waals surface area contributed by atoms with Crippen LogP contribution in [0.5, 0.6) is 0 Å². The number of hydrogen-bond donors (Lipinski definition) is 0. The van der Waals surface area contributed by atoms with Gasteiger partial charge in [0.05, 0.1) is 11.5 Å². The molecule has 0 radical (unpaired) electrons. The van der Waals surface area contributed by atoms with Gasteiger partial charge in [0.25, 0.3) is 11.6 Å². The Hall–Kier alpha value is -2.35. The lowest BCUT2D eigenvalue weighted by atomic mass is 10.1. The molecule has 1 aromatic rings. The number of aryl methyl sites for hydroxylation is 1. The highest BCUT2D eigenvalue weighted by molar-refractivity contribution is 5.95. The van der Waals surface area contributed by atoms with Crippen molar-refractivity contribution in [1.82, 2.24) is 4.90 Å². The predicted octanol–water partition coefficient (Wildman–Crippen LogP) is 2.39. The third kappa shape index (κ3) is 3.15. The molecule has 0 bridgehead atoms. The average molecular weight is 272 g/mol. The van der Waals surface area contributed by atoms with Gasteiger partial charge in [0.1, 0.15) is 0 Å². The van der Waals surface area contributed by atoms with Crippen molar-refractivity contribution >= 4 is 11.6 Å². The van der Waals surface area contributed by atoms with Crippen LogP contribution in [0.4, 0.5) is 5.69 Å². The summed E-state index contributed by atoms with van der Waals surface area (Å²) in [7, 11) is 0. The lowest BCUT2D eigenvalue weighted by Crippen LogP contribution is -2.33. The second-order valence-electron chi connectivity index (χ2n) is 5.09. The molecule has 1 fully saturated rings. The van der Waals surface area contributed by atoms with Crippen LogP contribution < -0.4 is 0 Å². The molecule has 0 heterocycles.